The minimum Gasteiger partial charge on any atom is -0.358 e. The molecule has 0 radical (unpaired) electrons. The largest absolute Gasteiger partial charge is 0.358 e. The summed E-state index contributed by atoms with van der Waals surface area (Å²) in [5.41, 5.74) is 0. The van der Waals surface area contributed by atoms with Crippen LogP contribution in [0, 0.1) is 16.0 Å². The lowest BCUT2D eigenvalue weighted by molar-refractivity contribution is -0.391. The van der Waals surface area contributed by atoms with E-state index < -0.39 is 4.92 Å². The van der Waals surface area contributed by atoms with Gasteiger partial charge < -0.3 is 15.4 Å². The summed E-state index contributed by atoms with van der Waals surface area (Å²) < 4.78 is 1.46. The van der Waals surface area contributed by atoms with Gasteiger partial charge in [-0.1, -0.05) is 0 Å². The Morgan fingerprint density at radius 2 is 2.50 bits per heavy atom. The van der Waals surface area contributed by atoms with Crippen molar-refractivity contribution < 1.29 is 4.92 Å². The number of nitro groups is 1. The quantitative estimate of drug-likeness (QED) is 0.579. The third-order valence-electron chi connectivity index (χ3n) is 2.40. The van der Waals surface area contributed by atoms with Crippen molar-refractivity contribution in [2.24, 2.45) is 13.0 Å². The highest BCUT2D eigenvalue weighted by atomic mass is 16.6. The van der Waals surface area contributed by atoms with Gasteiger partial charge in [0.25, 0.3) is 5.95 Å². The van der Waals surface area contributed by atoms with Crippen LogP contribution in [0.15, 0.2) is 6.20 Å². The Bertz CT molecular complexity index is 356. The number of anilines is 1. The van der Waals surface area contributed by atoms with Crippen molar-refractivity contribution in [1.82, 2.24) is 9.55 Å². The highest BCUT2D eigenvalue weighted by Crippen LogP contribution is 2.29. The first kappa shape index (κ1) is 8.98. The molecule has 0 aromatic carbocycles. The fourth-order valence-corrected chi connectivity index (χ4v) is 1.29. The molecule has 6 nitrogen and oxygen atoms in total. The van der Waals surface area contributed by atoms with Gasteiger partial charge in [-0.05, 0) is 23.7 Å². The maximum absolute atomic E-state index is 10.5. The molecule has 76 valence electrons. The average molecular weight is 196 g/mol. The average Bonchev–Trinajstić information content (AvgIpc) is 2.87. The SMILES string of the molecule is Cn1c([N+](=O)[O-])cnc1NCC1CC1. The molecule has 1 saturated carbocycles. The molecule has 0 bridgehead atoms. The maximum atomic E-state index is 10.5. The Balaban J connectivity index is 2.05. The number of aromatic nitrogens is 2. The second kappa shape index (κ2) is 3.28. The van der Waals surface area contributed by atoms with E-state index in [1.54, 1.807) is 7.05 Å². The first-order valence-electron chi connectivity index (χ1n) is 4.58. The monoisotopic (exact) mass is 196 g/mol. The number of rotatable bonds is 4. The van der Waals surface area contributed by atoms with Gasteiger partial charge in [-0.15, -0.1) is 0 Å². The van der Waals surface area contributed by atoms with Crippen LogP contribution in [0.1, 0.15) is 12.8 Å². The molecule has 2 rings (SSSR count). The molecule has 1 heterocycles. The van der Waals surface area contributed by atoms with E-state index in [-0.39, 0.29) is 5.82 Å². The van der Waals surface area contributed by atoms with Crippen molar-refractivity contribution in [3.05, 3.63) is 16.3 Å². The van der Waals surface area contributed by atoms with Crippen molar-refractivity contribution >= 4 is 11.8 Å². The zero-order valence-corrected chi connectivity index (χ0v) is 7.93. The zero-order valence-electron chi connectivity index (χ0n) is 7.93. The molecule has 14 heavy (non-hydrogen) atoms. The minimum atomic E-state index is -0.435. The fraction of sp³-hybridized carbons (Fsp3) is 0.625. The van der Waals surface area contributed by atoms with Gasteiger partial charge in [-0.3, -0.25) is 0 Å². The summed E-state index contributed by atoms with van der Waals surface area (Å²) in [7, 11) is 1.64. The number of hydrogen-bond donors (Lipinski definition) is 1. The molecule has 1 N–H and O–H groups in total. The second-order valence-electron chi connectivity index (χ2n) is 3.58. The summed E-state index contributed by atoms with van der Waals surface area (Å²) in [6, 6.07) is 0. The van der Waals surface area contributed by atoms with E-state index >= 15 is 0 Å². The summed E-state index contributed by atoms with van der Waals surface area (Å²) in [6.07, 6.45) is 3.77. The molecule has 0 unspecified atom stereocenters. The molecular weight excluding hydrogens is 184 g/mol. The van der Waals surface area contributed by atoms with Gasteiger partial charge in [0.05, 0.1) is 7.05 Å². The van der Waals surface area contributed by atoms with Gasteiger partial charge in [0, 0.05) is 6.54 Å². The summed E-state index contributed by atoms with van der Waals surface area (Å²) in [5.74, 6) is 1.32. The Morgan fingerprint density at radius 1 is 1.79 bits per heavy atom. The van der Waals surface area contributed by atoms with Crippen LogP contribution < -0.4 is 5.32 Å². The van der Waals surface area contributed by atoms with Crippen molar-refractivity contribution in [2.45, 2.75) is 12.8 Å². The van der Waals surface area contributed by atoms with Gasteiger partial charge >= 0.3 is 5.82 Å². The second-order valence-corrected chi connectivity index (χ2v) is 3.58. The lowest BCUT2D eigenvalue weighted by atomic mass is 10.4. The van der Waals surface area contributed by atoms with E-state index in [9.17, 15) is 10.1 Å². The minimum absolute atomic E-state index is 0.0169. The molecule has 0 saturated heterocycles. The van der Waals surface area contributed by atoms with Crippen molar-refractivity contribution in [2.75, 3.05) is 11.9 Å². The molecule has 1 aromatic heterocycles. The van der Waals surface area contributed by atoms with E-state index in [2.05, 4.69) is 10.3 Å². The van der Waals surface area contributed by atoms with Crippen molar-refractivity contribution in [3.8, 4) is 0 Å². The highest BCUT2D eigenvalue weighted by Gasteiger charge is 2.23. The van der Waals surface area contributed by atoms with E-state index in [1.807, 2.05) is 0 Å². The summed E-state index contributed by atoms with van der Waals surface area (Å²) in [5, 5.41) is 13.6. The summed E-state index contributed by atoms with van der Waals surface area (Å²) in [6.45, 7) is 0.863. The highest BCUT2D eigenvalue weighted by molar-refractivity contribution is 5.35. The molecule has 0 amide bonds. The van der Waals surface area contributed by atoms with Gasteiger partial charge in [-0.2, -0.15) is 9.55 Å². The molecule has 1 aliphatic rings. The topological polar surface area (TPSA) is 73.0 Å². The molecule has 1 aromatic rings. The standard InChI is InChI=1S/C8H12N4O2/c1-11-7(12(13)14)5-10-8(11)9-4-6-2-3-6/h5-6H,2-4H2,1H3,(H,9,10). The molecular formula is C8H12N4O2. The maximum Gasteiger partial charge on any atom is 0.344 e. The number of nitrogens with zero attached hydrogens (tertiary/aromatic N) is 3. The molecule has 0 atom stereocenters. The van der Waals surface area contributed by atoms with Crippen LogP contribution in [0.25, 0.3) is 0 Å². The lowest BCUT2D eigenvalue weighted by Gasteiger charge is -2.00. The van der Waals surface area contributed by atoms with Crippen LogP contribution in [0.2, 0.25) is 0 Å². The Kier molecular flexibility index (Phi) is 2.11. The van der Waals surface area contributed by atoms with E-state index in [0.29, 0.717) is 5.95 Å². The van der Waals surface area contributed by atoms with Crippen LogP contribution in [-0.4, -0.2) is 21.0 Å². The van der Waals surface area contributed by atoms with E-state index in [4.69, 9.17) is 0 Å². The van der Waals surface area contributed by atoms with Crippen LogP contribution >= 0.6 is 0 Å². The van der Waals surface area contributed by atoms with Crippen LogP contribution in [0.5, 0.6) is 0 Å². The summed E-state index contributed by atoms with van der Waals surface area (Å²) in [4.78, 5) is 14.0. The summed E-state index contributed by atoms with van der Waals surface area (Å²) >= 11 is 0. The zero-order chi connectivity index (χ0) is 10.1. The number of imidazole rings is 1. The normalized spacial score (nSPS) is 15.5. The van der Waals surface area contributed by atoms with Gasteiger partial charge in [0.15, 0.2) is 0 Å². The molecule has 0 spiro atoms. The molecule has 0 aliphatic heterocycles. The first-order chi connectivity index (χ1) is 6.68. The van der Waals surface area contributed by atoms with Gasteiger partial charge in [0.2, 0.25) is 0 Å². The van der Waals surface area contributed by atoms with E-state index in [0.717, 1.165) is 12.5 Å². The Hall–Kier alpha value is -1.59. The molecule has 6 heteroatoms. The van der Waals surface area contributed by atoms with Crippen LogP contribution in [0.3, 0.4) is 0 Å². The molecule has 1 fully saturated rings. The van der Waals surface area contributed by atoms with Crippen LogP contribution in [-0.2, 0) is 7.05 Å². The van der Waals surface area contributed by atoms with Crippen LogP contribution in [0.4, 0.5) is 11.8 Å². The fourth-order valence-electron chi connectivity index (χ4n) is 1.29. The lowest BCUT2D eigenvalue weighted by Crippen LogP contribution is -2.08. The smallest absolute Gasteiger partial charge is 0.344 e. The first-order valence-corrected chi connectivity index (χ1v) is 4.58. The third kappa shape index (κ3) is 1.68. The van der Waals surface area contributed by atoms with Crippen molar-refractivity contribution in [3.63, 3.8) is 0 Å². The predicted molar refractivity (Wildman–Crippen MR) is 51.1 cm³/mol. The number of hydrogen-bond acceptors (Lipinski definition) is 4. The predicted octanol–water partition coefficient (Wildman–Crippen LogP) is 1.15. The van der Waals surface area contributed by atoms with Crippen molar-refractivity contribution in [1.29, 1.82) is 0 Å². The Labute approximate surface area is 81.1 Å². The van der Waals surface area contributed by atoms with Gasteiger partial charge in [0.1, 0.15) is 6.20 Å². The Morgan fingerprint density at radius 3 is 3.00 bits per heavy atom. The molecule has 1 aliphatic carbocycles. The van der Waals surface area contributed by atoms with Gasteiger partial charge in [-0.25, -0.2) is 0 Å². The number of nitrogens with one attached hydrogen (secondary N) is 1. The van der Waals surface area contributed by atoms with E-state index in [1.165, 1.54) is 23.6 Å². The third-order valence-corrected chi connectivity index (χ3v) is 2.40.